The van der Waals surface area contributed by atoms with Gasteiger partial charge in [-0.1, -0.05) is 13.0 Å². The van der Waals surface area contributed by atoms with Crippen LogP contribution in [0.2, 0.25) is 0 Å². The molecule has 1 aromatic carbocycles. The third-order valence-electron chi connectivity index (χ3n) is 2.51. The number of nitrogens with one attached hydrogen (secondary N) is 2. The van der Waals surface area contributed by atoms with E-state index in [-0.39, 0.29) is 5.91 Å². The van der Waals surface area contributed by atoms with Crippen LogP contribution in [0, 0.1) is 0 Å². The highest BCUT2D eigenvalue weighted by Crippen LogP contribution is 2.21. The topological polar surface area (TPSA) is 50.4 Å². The molecular formula is C12H16N2O2. The van der Waals surface area contributed by atoms with Crippen LogP contribution >= 0.6 is 0 Å². The van der Waals surface area contributed by atoms with Gasteiger partial charge in [0.25, 0.3) is 5.91 Å². The van der Waals surface area contributed by atoms with E-state index < -0.39 is 0 Å². The van der Waals surface area contributed by atoms with Gasteiger partial charge >= 0.3 is 0 Å². The first kappa shape index (κ1) is 11.0. The van der Waals surface area contributed by atoms with Crippen molar-refractivity contribution in [2.45, 2.75) is 13.5 Å². The van der Waals surface area contributed by atoms with E-state index in [1.165, 1.54) is 0 Å². The largest absolute Gasteiger partial charge is 0.491 e. The Morgan fingerprint density at radius 2 is 2.38 bits per heavy atom. The summed E-state index contributed by atoms with van der Waals surface area (Å²) in [6.45, 7) is 4.84. The maximum atomic E-state index is 11.7. The fourth-order valence-corrected chi connectivity index (χ4v) is 1.68. The number of fused-ring (bicyclic) bond motifs is 1. The van der Waals surface area contributed by atoms with Gasteiger partial charge in [-0.25, -0.2) is 0 Å². The first-order valence-corrected chi connectivity index (χ1v) is 5.56. The Bertz CT molecular complexity index is 391. The monoisotopic (exact) mass is 220 g/mol. The van der Waals surface area contributed by atoms with Crippen molar-refractivity contribution < 1.29 is 9.53 Å². The fourth-order valence-electron chi connectivity index (χ4n) is 1.68. The van der Waals surface area contributed by atoms with Crippen LogP contribution in [0.15, 0.2) is 18.2 Å². The number of benzene rings is 1. The number of ether oxygens (including phenoxy) is 1. The Kier molecular flexibility index (Phi) is 3.41. The maximum absolute atomic E-state index is 11.7. The summed E-state index contributed by atoms with van der Waals surface area (Å²) in [6, 6.07) is 5.74. The molecule has 0 radical (unpaired) electrons. The molecule has 0 aliphatic carbocycles. The summed E-state index contributed by atoms with van der Waals surface area (Å²) in [7, 11) is 0. The molecule has 86 valence electrons. The molecule has 1 aliphatic rings. The molecule has 0 unspecified atom stereocenters. The summed E-state index contributed by atoms with van der Waals surface area (Å²) in [5.74, 6) is 0.626. The standard InChI is InChI=1S/C12H16N2O2/c1-2-13-8-9-3-4-11-10(7-9)12(15)14-5-6-16-11/h3-4,7,13H,2,5-6,8H2,1H3,(H,14,15). The van der Waals surface area contributed by atoms with Crippen molar-refractivity contribution in [2.75, 3.05) is 19.7 Å². The van der Waals surface area contributed by atoms with Crippen molar-refractivity contribution in [3.63, 3.8) is 0 Å². The van der Waals surface area contributed by atoms with Crippen molar-refractivity contribution in [2.24, 2.45) is 0 Å². The molecule has 0 saturated heterocycles. The van der Waals surface area contributed by atoms with Gasteiger partial charge in [0.05, 0.1) is 12.1 Å². The molecule has 2 N–H and O–H groups in total. The van der Waals surface area contributed by atoms with Gasteiger partial charge in [0.1, 0.15) is 12.4 Å². The molecule has 1 amide bonds. The van der Waals surface area contributed by atoms with Gasteiger partial charge in [0.2, 0.25) is 0 Å². The minimum Gasteiger partial charge on any atom is -0.491 e. The van der Waals surface area contributed by atoms with Gasteiger partial charge in [-0.05, 0) is 24.2 Å². The summed E-state index contributed by atoms with van der Waals surface area (Å²) in [5.41, 5.74) is 1.73. The van der Waals surface area contributed by atoms with Crippen molar-refractivity contribution >= 4 is 5.91 Å². The second-order valence-electron chi connectivity index (χ2n) is 3.72. The van der Waals surface area contributed by atoms with Crippen molar-refractivity contribution in [1.29, 1.82) is 0 Å². The lowest BCUT2D eigenvalue weighted by atomic mass is 10.1. The van der Waals surface area contributed by atoms with Crippen molar-refractivity contribution in [1.82, 2.24) is 10.6 Å². The van der Waals surface area contributed by atoms with Gasteiger partial charge in [-0.3, -0.25) is 4.79 Å². The first-order valence-electron chi connectivity index (χ1n) is 5.56. The van der Waals surface area contributed by atoms with Gasteiger partial charge < -0.3 is 15.4 Å². The smallest absolute Gasteiger partial charge is 0.255 e. The van der Waals surface area contributed by atoms with Gasteiger partial charge in [0.15, 0.2) is 0 Å². The second kappa shape index (κ2) is 4.99. The molecule has 4 nitrogen and oxygen atoms in total. The van der Waals surface area contributed by atoms with Crippen LogP contribution in [0.1, 0.15) is 22.8 Å². The molecule has 4 heteroatoms. The van der Waals surface area contributed by atoms with Crippen LogP contribution in [0.25, 0.3) is 0 Å². The molecule has 0 fully saturated rings. The lowest BCUT2D eigenvalue weighted by Crippen LogP contribution is -2.24. The minimum absolute atomic E-state index is 0.0501. The zero-order valence-corrected chi connectivity index (χ0v) is 9.38. The summed E-state index contributed by atoms with van der Waals surface area (Å²) < 4.78 is 5.47. The average Bonchev–Trinajstić information content (AvgIpc) is 2.49. The average molecular weight is 220 g/mol. The number of rotatable bonds is 3. The summed E-state index contributed by atoms with van der Waals surface area (Å²) >= 11 is 0. The number of amides is 1. The molecule has 0 atom stereocenters. The Hall–Kier alpha value is -1.55. The van der Waals surface area contributed by atoms with E-state index in [2.05, 4.69) is 17.6 Å². The molecule has 1 heterocycles. The normalized spacial score (nSPS) is 14.7. The molecule has 0 saturated carbocycles. The Morgan fingerprint density at radius 1 is 1.50 bits per heavy atom. The van der Waals surface area contributed by atoms with E-state index >= 15 is 0 Å². The number of hydrogen-bond acceptors (Lipinski definition) is 3. The molecule has 16 heavy (non-hydrogen) atoms. The van der Waals surface area contributed by atoms with Crippen LogP contribution in [0.4, 0.5) is 0 Å². The van der Waals surface area contributed by atoms with Crippen molar-refractivity contribution in [3.8, 4) is 5.75 Å². The van der Waals surface area contributed by atoms with Crippen molar-refractivity contribution in [3.05, 3.63) is 29.3 Å². The van der Waals surface area contributed by atoms with E-state index in [9.17, 15) is 4.79 Å². The predicted octanol–water partition coefficient (Wildman–Crippen LogP) is 0.918. The third kappa shape index (κ3) is 2.33. The second-order valence-corrected chi connectivity index (χ2v) is 3.72. The molecule has 1 aromatic rings. The van der Waals surface area contributed by atoms with Crippen LogP contribution in [-0.2, 0) is 6.54 Å². The van der Waals surface area contributed by atoms with E-state index in [1.807, 2.05) is 18.2 Å². The molecule has 0 spiro atoms. The SMILES string of the molecule is CCNCc1ccc2c(c1)C(=O)NCCO2. The molecule has 1 aliphatic heterocycles. The van der Waals surface area contributed by atoms with E-state index in [4.69, 9.17) is 4.74 Å². The zero-order chi connectivity index (χ0) is 11.4. The highest BCUT2D eigenvalue weighted by molar-refractivity contribution is 5.97. The number of carbonyl (C=O) groups excluding carboxylic acids is 1. The Balaban J connectivity index is 2.24. The van der Waals surface area contributed by atoms with E-state index in [0.717, 1.165) is 18.7 Å². The number of carbonyl (C=O) groups is 1. The molecule has 0 aromatic heterocycles. The fraction of sp³-hybridized carbons (Fsp3) is 0.417. The third-order valence-corrected chi connectivity index (χ3v) is 2.51. The van der Waals surface area contributed by atoms with Gasteiger partial charge in [-0.2, -0.15) is 0 Å². The van der Waals surface area contributed by atoms with E-state index in [1.54, 1.807) is 0 Å². The van der Waals surface area contributed by atoms with Gasteiger partial charge in [0, 0.05) is 6.54 Å². The number of hydrogen-bond donors (Lipinski definition) is 2. The minimum atomic E-state index is -0.0501. The maximum Gasteiger partial charge on any atom is 0.255 e. The Labute approximate surface area is 95.0 Å². The predicted molar refractivity (Wildman–Crippen MR) is 61.7 cm³/mol. The molecule has 0 bridgehead atoms. The van der Waals surface area contributed by atoms with Crippen LogP contribution < -0.4 is 15.4 Å². The van der Waals surface area contributed by atoms with Crippen LogP contribution in [0.5, 0.6) is 5.75 Å². The Morgan fingerprint density at radius 3 is 3.19 bits per heavy atom. The van der Waals surface area contributed by atoms with Gasteiger partial charge in [-0.15, -0.1) is 0 Å². The zero-order valence-electron chi connectivity index (χ0n) is 9.38. The summed E-state index contributed by atoms with van der Waals surface area (Å²) in [6.07, 6.45) is 0. The quantitative estimate of drug-likeness (QED) is 0.796. The lowest BCUT2D eigenvalue weighted by Gasteiger charge is -2.08. The highest BCUT2D eigenvalue weighted by atomic mass is 16.5. The molecule has 2 rings (SSSR count). The van der Waals surface area contributed by atoms with Crippen LogP contribution in [0.3, 0.4) is 0 Å². The van der Waals surface area contributed by atoms with E-state index in [0.29, 0.717) is 24.5 Å². The first-order chi connectivity index (χ1) is 7.81. The lowest BCUT2D eigenvalue weighted by molar-refractivity contribution is 0.0957. The molecular weight excluding hydrogens is 204 g/mol. The summed E-state index contributed by atoms with van der Waals surface area (Å²) in [4.78, 5) is 11.7. The highest BCUT2D eigenvalue weighted by Gasteiger charge is 2.16. The van der Waals surface area contributed by atoms with Crippen LogP contribution in [-0.4, -0.2) is 25.6 Å². The summed E-state index contributed by atoms with van der Waals surface area (Å²) in [5, 5.41) is 6.03.